The zero-order valence-corrected chi connectivity index (χ0v) is 8.24. The first-order valence-corrected chi connectivity index (χ1v) is 4.93. The molecule has 4 heteroatoms. The van der Waals surface area contributed by atoms with Crippen molar-refractivity contribution in [1.29, 1.82) is 0 Å². The first-order valence-electron chi connectivity index (χ1n) is 3.70. The molecule has 0 atom stereocenters. The van der Waals surface area contributed by atoms with Gasteiger partial charge in [-0.1, -0.05) is 0 Å². The molecule has 1 aromatic rings. The van der Waals surface area contributed by atoms with Gasteiger partial charge in [0.05, 0.1) is 10.5 Å². The number of carbonyl (C=O) groups is 1. The van der Waals surface area contributed by atoms with E-state index in [2.05, 4.69) is 0 Å². The number of nitrogens with two attached hydrogens (primary N) is 1. The lowest BCUT2D eigenvalue weighted by Gasteiger charge is -2.07. The predicted octanol–water partition coefficient (Wildman–Crippen LogP) is 2.33. The number of ketones is 1. The molecule has 0 saturated carbocycles. The van der Waals surface area contributed by atoms with Crippen LogP contribution in [0, 0.1) is 5.82 Å². The third-order valence-electron chi connectivity index (χ3n) is 1.70. The highest BCUT2D eigenvalue weighted by molar-refractivity contribution is 7.98. The van der Waals surface area contributed by atoms with Crippen LogP contribution in [0.3, 0.4) is 0 Å². The van der Waals surface area contributed by atoms with Crippen molar-refractivity contribution in [2.24, 2.45) is 0 Å². The van der Waals surface area contributed by atoms with Crippen molar-refractivity contribution in [1.82, 2.24) is 0 Å². The summed E-state index contributed by atoms with van der Waals surface area (Å²) in [4.78, 5) is 11.5. The second-order valence-corrected chi connectivity index (χ2v) is 3.42. The van der Waals surface area contributed by atoms with E-state index >= 15 is 0 Å². The monoisotopic (exact) mass is 199 g/mol. The van der Waals surface area contributed by atoms with Gasteiger partial charge in [-0.15, -0.1) is 11.8 Å². The van der Waals surface area contributed by atoms with Crippen molar-refractivity contribution in [2.45, 2.75) is 11.8 Å². The summed E-state index contributed by atoms with van der Waals surface area (Å²) < 4.78 is 13.2. The van der Waals surface area contributed by atoms with Crippen LogP contribution in [-0.4, -0.2) is 12.0 Å². The van der Waals surface area contributed by atoms with E-state index in [1.54, 1.807) is 6.26 Å². The fourth-order valence-corrected chi connectivity index (χ4v) is 1.86. The van der Waals surface area contributed by atoms with Gasteiger partial charge < -0.3 is 5.73 Å². The van der Waals surface area contributed by atoms with Gasteiger partial charge in [0.15, 0.2) is 5.78 Å². The van der Waals surface area contributed by atoms with Crippen molar-refractivity contribution in [2.75, 3.05) is 12.0 Å². The fourth-order valence-electron chi connectivity index (χ4n) is 1.14. The Morgan fingerprint density at radius 1 is 1.54 bits per heavy atom. The first kappa shape index (κ1) is 10.1. The molecule has 0 saturated heterocycles. The summed E-state index contributed by atoms with van der Waals surface area (Å²) in [6.07, 6.45) is 1.71. The van der Waals surface area contributed by atoms with E-state index < -0.39 is 5.82 Å². The molecule has 0 radical (unpaired) electrons. The van der Waals surface area contributed by atoms with Gasteiger partial charge in [-0.3, -0.25) is 4.79 Å². The van der Waals surface area contributed by atoms with E-state index in [9.17, 15) is 9.18 Å². The lowest BCUT2D eigenvalue weighted by atomic mass is 10.1. The highest BCUT2D eigenvalue weighted by Crippen LogP contribution is 2.28. The van der Waals surface area contributed by atoms with Crippen LogP contribution in [0.25, 0.3) is 0 Å². The molecule has 0 unspecified atom stereocenters. The summed E-state index contributed by atoms with van der Waals surface area (Å²) in [5.41, 5.74) is 6.18. The molecule has 70 valence electrons. The van der Waals surface area contributed by atoms with E-state index in [0.29, 0.717) is 10.6 Å². The van der Waals surface area contributed by atoms with Crippen molar-refractivity contribution in [3.8, 4) is 0 Å². The Morgan fingerprint density at radius 3 is 2.54 bits per heavy atom. The number of benzene rings is 1. The van der Waals surface area contributed by atoms with Crippen molar-refractivity contribution in [3.63, 3.8) is 0 Å². The van der Waals surface area contributed by atoms with Crippen LogP contribution in [0.15, 0.2) is 17.0 Å². The number of hydrogen-bond donors (Lipinski definition) is 1. The molecule has 0 fully saturated rings. The second kappa shape index (κ2) is 3.79. The number of hydrogen-bond acceptors (Lipinski definition) is 3. The highest BCUT2D eigenvalue weighted by atomic mass is 32.2. The minimum atomic E-state index is -0.396. The molecule has 0 spiro atoms. The van der Waals surface area contributed by atoms with E-state index in [4.69, 9.17) is 5.73 Å². The molecular formula is C9H10FNOS. The summed E-state index contributed by atoms with van der Waals surface area (Å²) >= 11 is 1.19. The van der Waals surface area contributed by atoms with Crippen LogP contribution in [0.5, 0.6) is 0 Å². The van der Waals surface area contributed by atoms with Crippen molar-refractivity contribution >= 4 is 23.2 Å². The number of carbonyl (C=O) groups excluding carboxylic acids is 1. The van der Waals surface area contributed by atoms with Gasteiger partial charge in [0, 0.05) is 5.69 Å². The maximum atomic E-state index is 13.2. The normalized spacial score (nSPS) is 10.1. The summed E-state index contributed by atoms with van der Waals surface area (Å²) in [6, 6.07) is 2.68. The second-order valence-electron chi connectivity index (χ2n) is 2.60. The maximum Gasteiger partial charge on any atom is 0.163 e. The van der Waals surface area contributed by atoms with E-state index in [-0.39, 0.29) is 11.3 Å². The average molecular weight is 199 g/mol. The summed E-state index contributed by atoms with van der Waals surface area (Å²) in [5, 5.41) is 0. The third-order valence-corrected chi connectivity index (χ3v) is 2.51. The summed E-state index contributed by atoms with van der Waals surface area (Å²) in [7, 11) is 0. The molecule has 13 heavy (non-hydrogen) atoms. The zero-order valence-electron chi connectivity index (χ0n) is 7.43. The van der Waals surface area contributed by atoms with Gasteiger partial charge in [0.1, 0.15) is 5.82 Å². The molecule has 1 aromatic carbocycles. The van der Waals surface area contributed by atoms with Gasteiger partial charge in [0.2, 0.25) is 0 Å². The quantitative estimate of drug-likeness (QED) is 0.451. The van der Waals surface area contributed by atoms with E-state index in [1.807, 2.05) is 0 Å². The SMILES string of the molecule is CSc1c(F)ccc(N)c1C(C)=O. The average Bonchev–Trinajstić information content (AvgIpc) is 2.07. The Balaban J connectivity index is 3.43. The Morgan fingerprint density at radius 2 is 2.15 bits per heavy atom. The Labute approximate surface area is 80.3 Å². The minimum Gasteiger partial charge on any atom is -0.398 e. The van der Waals surface area contributed by atoms with Crippen LogP contribution in [0.1, 0.15) is 17.3 Å². The molecule has 2 N–H and O–H groups in total. The summed E-state index contributed by atoms with van der Waals surface area (Å²) in [6.45, 7) is 1.38. The number of thioether (sulfide) groups is 1. The van der Waals surface area contributed by atoms with Gasteiger partial charge in [0.25, 0.3) is 0 Å². The lowest BCUT2D eigenvalue weighted by Crippen LogP contribution is -2.03. The number of Topliss-reactive ketones (excluding diaryl/α,β-unsaturated/α-hetero) is 1. The Kier molecular flexibility index (Phi) is 2.93. The number of halogens is 1. The van der Waals surface area contributed by atoms with Crippen LogP contribution in [0.2, 0.25) is 0 Å². The van der Waals surface area contributed by atoms with Crippen LogP contribution in [-0.2, 0) is 0 Å². The molecule has 2 nitrogen and oxygen atoms in total. The van der Waals surface area contributed by atoms with E-state index in [0.717, 1.165) is 0 Å². The maximum absolute atomic E-state index is 13.2. The molecule has 0 aliphatic rings. The van der Waals surface area contributed by atoms with E-state index in [1.165, 1.54) is 30.8 Å². The molecular weight excluding hydrogens is 189 g/mol. The van der Waals surface area contributed by atoms with Crippen LogP contribution in [0.4, 0.5) is 10.1 Å². The lowest BCUT2D eigenvalue weighted by molar-refractivity contribution is 0.101. The number of nitrogen functional groups attached to an aromatic ring is 1. The van der Waals surface area contributed by atoms with Crippen molar-refractivity contribution in [3.05, 3.63) is 23.5 Å². The topological polar surface area (TPSA) is 43.1 Å². The summed E-state index contributed by atoms with van der Waals surface area (Å²) in [5.74, 6) is -0.603. The molecule has 0 aromatic heterocycles. The highest BCUT2D eigenvalue weighted by Gasteiger charge is 2.14. The third kappa shape index (κ3) is 1.83. The Hall–Kier alpha value is -1.03. The molecule has 0 aliphatic heterocycles. The van der Waals surface area contributed by atoms with Crippen molar-refractivity contribution < 1.29 is 9.18 Å². The molecule has 0 heterocycles. The van der Waals surface area contributed by atoms with Crippen LogP contribution < -0.4 is 5.73 Å². The number of rotatable bonds is 2. The first-order chi connectivity index (χ1) is 6.07. The zero-order chi connectivity index (χ0) is 10.0. The van der Waals surface area contributed by atoms with Gasteiger partial charge in [-0.25, -0.2) is 4.39 Å². The predicted molar refractivity (Wildman–Crippen MR) is 52.6 cm³/mol. The molecule has 0 amide bonds. The van der Waals surface area contributed by atoms with Gasteiger partial charge in [-0.05, 0) is 25.3 Å². The molecule has 0 aliphatic carbocycles. The smallest absolute Gasteiger partial charge is 0.163 e. The molecule has 0 bridgehead atoms. The minimum absolute atomic E-state index is 0.207. The fraction of sp³-hybridized carbons (Fsp3) is 0.222. The Bertz CT molecular complexity index is 352. The van der Waals surface area contributed by atoms with Crippen LogP contribution >= 0.6 is 11.8 Å². The molecule has 1 rings (SSSR count). The van der Waals surface area contributed by atoms with Gasteiger partial charge in [-0.2, -0.15) is 0 Å². The van der Waals surface area contributed by atoms with Gasteiger partial charge >= 0.3 is 0 Å². The largest absolute Gasteiger partial charge is 0.398 e. The number of anilines is 1. The standard InChI is InChI=1S/C9H10FNOS/c1-5(12)8-7(11)4-3-6(10)9(8)13-2/h3-4H,11H2,1-2H3.